The number of para-hydroxylation sites is 1. The van der Waals surface area contributed by atoms with Gasteiger partial charge < -0.3 is 15.6 Å². The molecule has 1 aliphatic rings. The maximum Gasteiger partial charge on any atom is 0.224 e. The average molecular weight is 271 g/mol. The Kier molecular flexibility index (Phi) is 4.02. The summed E-state index contributed by atoms with van der Waals surface area (Å²) >= 11 is 0. The first-order valence-electron chi connectivity index (χ1n) is 7.35. The van der Waals surface area contributed by atoms with Gasteiger partial charge in [-0.15, -0.1) is 0 Å². The largest absolute Gasteiger partial charge is 0.361 e. The zero-order chi connectivity index (χ0) is 13.8. The number of H-pyrrole nitrogens is 1. The van der Waals surface area contributed by atoms with E-state index in [9.17, 15) is 4.79 Å². The summed E-state index contributed by atoms with van der Waals surface area (Å²) in [4.78, 5) is 15.2. The van der Waals surface area contributed by atoms with E-state index in [1.54, 1.807) is 0 Å². The molecule has 0 bridgehead atoms. The van der Waals surface area contributed by atoms with E-state index in [2.05, 4.69) is 21.7 Å². The Morgan fingerprint density at radius 1 is 1.35 bits per heavy atom. The van der Waals surface area contributed by atoms with Crippen LogP contribution in [-0.4, -0.2) is 30.5 Å². The van der Waals surface area contributed by atoms with E-state index in [0.29, 0.717) is 6.42 Å². The number of nitrogens with one attached hydrogen (secondary N) is 3. The lowest BCUT2D eigenvalue weighted by Gasteiger charge is -2.09. The highest BCUT2D eigenvalue weighted by Gasteiger charge is 2.14. The Morgan fingerprint density at radius 3 is 3.10 bits per heavy atom. The predicted molar refractivity (Wildman–Crippen MR) is 80.6 cm³/mol. The Bertz CT molecular complexity index is 584. The van der Waals surface area contributed by atoms with Crippen LogP contribution in [0.4, 0.5) is 0 Å². The van der Waals surface area contributed by atoms with Gasteiger partial charge in [-0.1, -0.05) is 18.2 Å². The molecule has 1 aliphatic heterocycles. The zero-order valence-electron chi connectivity index (χ0n) is 11.6. The van der Waals surface area contributed by atoms with Gasteiger partial charge in [-0.2, -0.15) is 0 Å². The van der Waals surface area contributed by atoms with Crippen LogP contribution in [0.2, 0.25) is 0 Å². The summed E-state index contributed by atoms with van der Waals surface area (Å²) in [5, 5.41) is 7.52. The third-order valence-electron chi connectivity index (χ3n) is 4.06. The molecule has 20 heavy (non-hydrogen) atoms. The Morgan fingerprint density at radius 2 is 2.25 bits per heavy atom. The van der Waals surface area contributed by atoms with Gasteiger partial charge in [-0.25, -0.2) is 0 Å². The fraction of sp³-hybridized carbons (Fsp3) is 0.438. The van der Waals surface area contributed by atoms with E-state index < -0.39 is 0 Å². The van der Waals surface area contributed by atoms with Crippen molar-refractivity contribution in [3.63, 3.8) is 0 Å². The quantitative estimate of drug-likeness (QED) is 0.777. The van der Waals surface area contributed by atoms with Gasteiger partial charge in [0.25, 0.3) is 0 Å². The van der Waals surface area contributed by atoms with E-state index in [-0.39, 0.29) is 5.91 Å². The molecular weight excluding hydrogens is 250 g/mol. The summed E-state index contributed by atoms with van der Waals surface area (Å²) in [5.74, 6) is 0.837. The molecule has 3 N–H and O–H groups in total. The number of fused-ring (bicyclic) bond motifs is 1. The van der Waals surface area contributed by atoms with E-state index in [4.69, 9.17) is 0 Å². The van der Waals surface area contributed by atoms with E-state index in [1.165, 1.54) is 6.42 Å². The van der Waals surface area contributed by atoms with Crippen LogP contribution in [0, 0.1) is 5.92 Å². The fourth-order valence-electron chi connectivity index (χ4n) is 2.89. The van der Waals surface area contributed by atoms with Crippen LogP contribution in [-0.2, 0) is 11.2 Å². The van der Waals surface area contributed by atoms with Crippen molar-refractivity contribution in [2.75, 3.05) is 19.6 Å². The first kappa shape index (κ1) is 13.2. The normalized spacial score (nSPS) is 18.5. The van der Waals surface area contributed by atoms with Gasteiger partial charge in [0.15, 0.2) is 0 Å². The second-order valence-corrected chi connectivity index (χ2v) is 5.53. The number of amides is 1. The molecule has 4 nitrogen and oxygen atoms in total. The Labute approximate surface area is 118 Å². The zero-order valence-corrected chi connectivity index (χ0v) is 11.6. The summed E-state index contributed by atoms with van der Waals surface area (Å²) in [6.45, 7) is 3.00. The third-order valence-corrected chi connectivity index (χ3v) is 4.06. The molecule has 4 heteroatoms. The predicted octanol–water partition coefficient (Wildman–Crippen LogP) is 1.83. The lowest BCUT2D eigenvalue weighted by molar-refractivity contribution is -0.120. The topological polar surface area (TPSA) is 56.9 Å². The molecule has 1 atom stereocenters. The first-order valence-corrected chi connectivity index (χ1v) is 7.35. The van der Waals surface area contributed by atoms with Crippen molar-refractivity contribution in [1.29, 1.82) is 0 Å². The third kappa shape index (κ3) is 3.02. The van der Waals surface area contributed by atoms with Crippen molar-refractivity contribution >= 4 is 16.8 Å². The monoisotopic (exact) mass is 271 g/mol. The lowest BCUT2D eigenvalue weighted by Crippen LogP contribution is -2.27. The summed E-state index contributed by atoms with van der Waals surface area (Å²) < 4.78 is 0. The minimum atomic E-state index is 0.112. The Balaban J connectivity index is 1.50. The minimum Gasteiger partial charge on any atom is -0.361 e. The molecule has 2 aromatic rings. The van der Waals surface area contributed by atoms with Crippen molar-refractivity contribution in [3.05, 3.63) is 36.0 Å². The van der Waals surface area contributed by atoms with Crippen LogP contribution in [0.15, 0.2) is 30.5 Å². The molecule has 0 spiro atoms. The number of hydrogen-bond donors (Lipinski definition) is 3. The molecule has 1 saturated heterocycles. The van der Waals surface area contributed by atoms with Gasteiger partial charge in [0, 0.05) is 23.6 Å². The molecule has 1 unspecified atom stereocenters. The van der Waals surface area contributed by atoms with Gasteiger partial charge in [-0.05, 0) is 43.5 Å². The number of rotatable bonds is 5. The van der Waals surface area contributed by atoms with Crippen molar-refractivity contribution < 1.29 is 4.79 Å². The summed E-state index contributed by atoms with van der Waals surface area (Å²) in [6, 6.07) is 8.09. The molecule has 1 aromatic heterocycles. The molecule has 3 rings (SSSR count). The molecule has 106 valence electrons. The average Bonchev–Trinajstić information content (AvgIpc) is 3.09. The second-order valence-electron chi connectivity index (χ2n) is 5.53. The minimum absolute atomic E-state index is 0.112. The van der Waals surface area contributed by atoms with E-state index in [1.807, 2.05) is 24.4 Å². The molecule has 0 aliphatic carbocycles. The highest BCUT2D eigenvalue weighted by molar-refractivity contribution is 5.88. The van der Waals surface area contributed by atoms with Gasteiger partial charge in [0.05, 0.1) is 6.42 Å². The smallest absolute Gasteiger partial charge is 0.224 e. The van der Waals surface area contributed by atoms with Crippen LogP contribution in [0.1, 0.15) is 18.4 Å². The number of carbonyl (C=O) groups is 1. The van der Waals surface area contributed by atoms with Crippen LogP contribution >= 0.6 is 0 Å². The Hall–Kier alpha value is -1.81. The van der Waals surface area contributed by atoms with Crippen molar-refractivity contribution in [2.24, 2.45) is 5.92 Å². The standard InChI is InChI=1S/C16H21N3O/c20-16(18-8-6-12-5-7-17-10-12)9-13-11-19-15-4-2-1-3-14(13)15/h1-4,11-12,17,19H,5-10H2,(H,18,20). The van der Waals surface area contributed by atoms with Crippen LogP contribution in [0.3, 0.4) is 0 Å². The van der Waals surface area contributed by atoms with Gasteiger partial charge in [0.1, 0.15) is 0 Å². The number of aromatic amines is 1. The van der Waals surface area contributed by atoms with Gasteiger partial charge >= 0.3 is 0 Å². The molecule has 1 aromatic carbocycles. The van der Waals surface area contributed by atoms with Gasteiger partial charge in [0.2, 0.25) is 5.91 Å². The number of hydrogen-bond acceptors (Lipinski definition) is 2. The molecule has 1 amide bonds. The number of carbonyl (C=O) groups excluding carboxylic acids is 1. The number of benzene rings is 1. The maximum atomic E-state index is 12.0. The van der Waals surface area contributed by atoms with Crippen LogP contribution in [0.25, 0.3) is 10.9 Å². The SMILES string of the molecule is O=C(Cc1c[nH]c2ccccc12)NCCC1CCNC1. The molecule has 2 heterocycles. The summed E-state index contributed by atoms with van der Waals surface area (Å²) in [5.41, 5.74) is 2.16. The van der Waals surface area contributed by atoms with Crippen molar-refractivity contribution in [1.82, 2.24) is 15.6 Å². The van der Waals surface area contributed by atoms with Crippen molar-refractivity contribution in [2.45, 2.75) is 19.3 Å². The number of aromatic nitrogens is 1. The highest BCUT2D eigenvalue weighted by atomic mass is 16.1. The summed E-state index contributed by atoms with van der Waals surface area (Å²) in [6.07, 6.45) is 4.70. The molecule has 0 radical (unpaired) electrons. The molecule has 1 fully saturated rings. The fourth-order valence-corrected chi connectivity index (χ4v) is 2.89. The molecular formula is C16H21N3O. The first-order chi connectivity index (χ1) is 9.83. The maximum absolute atomic E-state index is 12.0. The highest BCUT2D eigenvalue weighted by Crippen LogP contribution is 2.18. The van der Waals surface area contributed by atoms with Gasteiger partial charge in [-0.3, -0.25) is 4.79 Å². The lowest BCUT2D eigenvalue weighted by atomic mass is 10.1. The van der Waals surface area contributed by atoms with Crippen LogP contribution in [0.5, 0.6) is 0 Å². The second kappa shape index (κ2) is 6.09. The van der Waals surface area contributed by atoms with Crippen LogP contribution < -0.4 is 10.6 Å². The van der Waals surface area contributed by atoms with E-state index in [0.717, 1.165) is 48.4 Å². The molecule has 0 saturated carbocycles. The van der Waals surface area contributed by atoms with E-state index >= 15 is 0 Å². The van der Waals surface area contributed by atoms with Crippen molar-refractivity contribution in [3.8, 4) is 0 Å². The summed E-state index contributed by atoms with van der Waals surface area (Å²) in [7, 11) is 0.